The zero-order valence-corrected chi connectivity index (χ0v) is 13.2. The van der Waals surface area contributed by atoms with Gasteiger partial charge in [0, 0.05) is 11.6 Å². The maximum absolute atomic E-state index is 5.70. The van der Waals surface area contributed by atoms with Crippen LogP contribution in [0.25, 0.3) is 23.6 Å². The summed E-state index contributed by atoms with van der Waals surface area (Å²) in [5.41, 5.74) is 3.12. The summed E-state index contributed by atoms with van der Waals surface area (Å²) in [6.45, 7) is 3.18. The van der Waals surface area contributed by atoms with Gasteiger partial charge in [0.1, 0.15) is 13.2 Å². The normalized spacial score (nSPS) is 13.4. The summed E-state index contributed by atoms with van der Waals surface area (Å²) in [5, 5.41) is 8.16. The van der Waals surface area contributed by atoms with Crippen molar-refractivity contribution in [3.63, 3.8) is 0 Å². The molecule has 0 N–H and O–H groups in total. The second kappa shape index (κ2) is 6.20. The third-order valence-electron chi connectivity index (χ3n) is 3.73. The lowest BCUT2D eigenvalue weighted by molar-refractivity contribution is 0.171. The maximum atomic E-state index is 5.70. The summed E-state index contributed by atoms with van der Waals surface area (Å²) in [5.74, 6) is 2.36. The highest BCUT2D eigenvalue weighted by Gasteiger charge is 2.15. The minimum atomic E-state index is 0.454. The summed E-state index contributed by atoms with van der Waals surface area (Å²) in [6, 6.07) is 13.8. The van der Waals surface area contributed by atoms with Crippen LogP contribution in [0.5, 0.6) is 11.5 Å². The number of fused-ring (bicyclic) bond motifs is 1. The molecule has 0 radical (unpaired) electrons. The topological polar surface area (TPSA) is 57.4 Å². The largest absolute Gasteiger partial charge is 0.486 e. The van der Waals surface area contributed by atoms with Crippen LogP contribution < -0.4 is 9.47 Å². The van der Waals surface area contributed by atoms with Gasteiger partial charge in [-0.1, -0.05) is 29.8 Å². The van der Waals surface area contributed by atoms with Crippen molar-refractivity contribution in [2.45, 2.75) is 6.92 Å². The van der Waals surface area contributed by atoms with Gasteiger partial charge < -0.3 is 13.9 Å². The third kappa shape index (κ3) is 3.01. The van der Waals surface area contributed by atoms with Crippen LogP contribution in [0, 0.1) is 6.92 Å². The number of aromatic nitrogens is 2. The fraction of sp³-hybridized carbons (Fsp3) is 0.158. The summed E-state index contributed by atoms with van der Waals surface area (Å²) < 4.78 is 16.8. The molecule has 3 aromatic rings. The van der Waals surface area contributed by atoms with Crippen molar-refractivity contribution in [3.8, 4) is 23.0 Å². The predicted molar refractivity (Wildman–Crippen MR) is 90.8 cm³/mol. The molecule has 1 aliphatic rings. The molecular formula is C19H16N2O3. The van der Waals surface area contributed by atoms with Crippen molar-refractivity contribution in [1.82, 2.24) is 10.2 Å². The fourth-order valence-electron chi connectivity index (χ4n) is 2.44. The lowest BCUT2D eigenvalue weighted by Crippen LogP contribution is -2.15. The van der Waals surface area contributed by atoms with E-state index in [1.807, 2.05) is 36.4 Å². The number of ether oxygens (including phenoxy) is 2. The molecule has 0 amide bonds. The smallest absolute Gasteiger partial charge is 0.248 e. The first-order chi connectivity index (χ1) is 11.8. The standard InChI is InChI=1S/C19H16N2O3/c1-13-2-4-14(5-3-13)6-9-18-20-21-19(24-18)15-7-8-16-17(12-15)23-11-10-22-16/h2-9,12H,10-11H2,1H3/b9-6+. The fourth-order valence-corrected chi connectivity index (χ4v) is 2.44. The number of aryl methyl sites for hydroxylation is 1. The van der Waals surface area contributed by atoms with Crippen LogP contribution in [0.15, 0.2) is 46.9 Å². The van der Waals surface area contributed by atoms with Crippen LogP contribution in [0.2, 0.25) is 0 Å². The Morgan fingerprint density at radius 3 is 2.50 bits per heavy atom. The van der Waals surface area contributed by atoms with Crippen molar-refractivity contribution >= 4 is 12.2 Å². The second-order valence-electron chi connectivity index (χ2n) is 5.55. The van der Waals surface area contributed by atoms with Crippen molar-refractivity contribution < 1.29 is 13.9 Å². The Morgan fingerprint density at radius 1 is 0.875 bits per heavy atom. The van der Waals surface area contributed by atoms with Gasteiger partial charge in [-0.3, -0.25) is 0 Å². The van der Waals surface area contributed by atoms with E-state index in [-0.39, 0.29) is 0 Å². The molecule has 0 bridgehead atoms. The van der Waals surface area contributed by atoms with E-state index < -0.39 is 0 Å². The van der Waals surface area contributed by atoms with Crippen LogP contribution in [-0.2, 0) is 0 Å². The van der Waals surface area contributed by atoms with E-state index in [2.05, 4.69) is 29.3 Å². The van der Waals surface area contributed by atoms with E-state index in [0.717, 1.165) is 16.9 Å². The summed E-state index contributed by atoms with van der Waals surface area (Å²) in [4.78, 5) is 0. The monoisotopic (exact) mass is 320 g/mol. The molecule has 120 valence electrons. The molecule has 5 heteroatoms. The molecule has 0 fully saturated rings. The van der Waals surface area contributed by atoms with Gasteiger partial charge in [-0.2, -0.15) is 0 Å². The molecule has 0 unspecified atom stereocenters. The Kier molecular flexibility index (Phi) is 3.75. The average molecular weight is 320 g/mol. The number of hydrogen-bond acceptors (Lipinski definition) is 5. The Labute approximate surface area is 139 Å². The highest BCUT2D eigenvalue weighted by atomic mass is 16.6. The van der Waals surface area contributed by atoms with Crippen LogP contribution in [0.1, 0.15) is 17.0 Å². The van der Waals surface area contributed by atoms with Crippen LogP contribution in [0.3, 0.4) is 0 Å². The number of hydrogen-bond donors (Lipinski definition) is 0. The Hall–Kier alpha value is -3.08. The van der Waals surface area contributed by atoms with Crippen molar-refractivity contribution in [2.24, 2.45) is 0 Å². The molecule has 0 aliphatic carbocycles. The molecule has 2 aromatic carbocycles. The minimum absolute atomic E-state index is 0.454. The van der Waals surface area contributed by atoms with E-state index in [4.69, 9.17) is 13.9 Å². The number of nitrogens with zero attached hydrogens (tertiary/aromatic N) is 2. The average Bonchev–Trinajstić information content (AvgIpc) is 3.10. The van der Waals surface area contributed by atoms with E-state index in [9.17, 15) is 0 Å². The molecular weight excluding hydrogens is 304 g/mol. The van der Waals surface area contributed by atoms with Gasteiger partial charge in [0.2, 0.25) is 11.8 Å². The lowest BCUT2D eigenvalue weighted by atomic mass is 10.1. The molecule has 24 heavy (non-hydrogen) atoms. The zero-order chi connectivity index (χ0) is 16.4. The molecule has 0 atom stereocenters. The minimum Gasteiger partial charge on any atom is -0.486 e. The van der Waals surface area contributed by atoms with Gasteiger partial charge in [0.15, 0.2) is 11.5 Å². The molecule has 1 aromatic heterocycles. The molecule has 5 nitrogen and oxygen atoms in total. The van der Waals surface area contributed by atoms with Gasteiger partial charge in [-0.05, 0) is 36.8 Å². The summed E-state index contributed by atoms with van der Waals surface area (Å²) >= 11 is 0. The van der Waals surface area contributed by atoms with E-state index in [1.165, 1.54) is 5.56 Å². The number of benzene rings is 2. The predicted octanol–water partition coefficient (Wildman–Crippen LogP) is 3.99. The molecule has 2 heterocycles. The Balaban J connectivity index is 1.55. The highest BCUT2D eigenvalue weighted by molar-refractivity contribution is 5.67. The molecule has 0 saturated heterocycles. The van der Waals surface area contributed by atoms with Crippen molar-refractivity contribution in [3.05, 3.63) is 59.5 Å². The van der Waals surface area contributed by atoms with Gasteiger partial charge >= 0.3 is 0 Å². The Bertz CT molecular complexity index is 882. The Morgan fingerprint density at radius 2 is 1.67 bits per heavy atom. The van der Waals surface area contributed by atoms with Crippen LogP contribution in [-0.4, -0.2) is 23.4 Å². The van der Waals surface area contributed by atoms with Gasteiger partial charge in [-0.25, -0.2) is 0 Å². The molecule has 0 spiro atoms. The second-order valence-corrected chi connectivity index (χ2v) is 5.55. The van der Waals surface area contributed by atoms with Crippen LogP contribution in [0.4, 0.5) is 0 Å². The van der Waals surface area contributed by atoms with Gasteiger partial charge in [0.05, 0.1) is 0 Å². The van der Waals surface area contributed by atoms with Crippen LogP contribution >= 0.6 is 0 Å². The molecule has 4 rings (SSSR count). The van der Waals surface area contributed by atoms with E-state index in [1.54, 1.807) is 6.08 Å². The first-order valence-electron chi connectivity index (χ1n) is 7.76. The zero-order valence-electron chi connectivity index (χ0n) is 13.2. The molecule has 0 saturated carbocycles. The quantitative estimate of drug-likeness (QED) is 0.730. The first kappa shape index (κ1) is 14.5. The molecule has 1 aliphatic heterocycles. The summed E-state index contributed by atoms with van der Waals surface area (Å²) in [6.07, 6.45) is 3.75. The van der Waals surface area contributed by atoms with Gasteiger partial charge in [-0.15, -0.1) is 10.2 Å². The van der Waals surface area contributed by atoms with Crippen molar-refractivity contribution in [1.29, 1.82) is 0 Å². The highest BCUT2D eigenvalue weighted by Crippen LogP contribution is 2.34. The number of rotatable bonds is 3. The third-order valence-corrected chi connectivity index (χ3v) is 3.73. The summed E-state index contributed by atoms with van der Waals surface area (Å²) in [7, 11) is 0. The van der Waals surface area contributed by atoms with E-state index in [0.29, 0.717) is 30.7 Å². The first-order valence-corrected chi connectivity index (χ1v) is 7.76. The SMILES string of the molecule is Cc1ccc(/C=C/c2nnc(-c3ccc4c(c3)OCCO4)o2)cc1. The lowest BCUT2D eigenvalue weighted by Gasteiger charge is -2.18. The van der Waals surface area contributed by atoms with Gasteiger partial charge in [0.25, 0.3) is 0 Å². The van der Waals surface area contributed by atoms with E-state index >= 15 is 0 Å². The maximum Gasteiger partial charge on any atom is 0.248 e. The van der Waals surface area contributed by atoms with Crippen molar-refractivity contribution in [2.75, 3.05) is 13.2 Å².